The molecule has 0 aromatic rings. The van der Waals surface area contributed by atoms with Crippen LogP contribution in [-0.4, -0.2) is 41.8 Å². The largest absolute Gasteiger partial charge is 0.378 e. The van der Waals surface area contributed by atoms with Crippen molar-refractivity contribution in [2.45, 2.75) is 62.3 Å². The Morgan fingerprint density at radius 2 is 2.25 bits per heavy atom. The summed E-state index contributed by atoms with van der Waals surface area (Å²) < 4.78 is 5.99. The van der Waals surface area contributed by atoms with Crippen LogP contribution in [0.3, 0.4) is 0 Å². The summed E-state index contributed by atoms with van der Waals surface area (Å²) in [4.78, 5) is 12.1. The van der Waals surface area contributed by atoms with E-state index in [2.05, 4.69) is 17.6 Å². The molecule has 0 spiro atoms. The molecular weight excluding hydrogens is 272 g/mol. The number of nitrogens with one attached hydrogen (secondary N) is 2. The van der Waals surface area contributed by atoms with Gasteiger partial charge in [0.25, 0.3) is 0 Å². The van der Waals surface area contributed by atoms with Gasteiger partial charge in [-0.1, -0.05) is 0 Å². The molecule has 0 unspecified atom stereocenters. The Morgan fingerprint density at radius 3 is 3.05 bits per heavy atom. The molecule has 2 amide bonds. The predicted octanol–water partition coefficient (Wildman–Crippen LogP) is 2.53. The van der Waals surface area contributed by atoms with E-state index < -0.39 is 0 Å². The van der Waals surface area contributed by atoms with E-state index >= 15 is 0 Å². The molecule has 0 bridgehead atoms. The molecule has 0 aromatic carbocycles. The van der Waals surface area contributed by atoms with E-state index in [0.717, 1.165) is 26.0 Å². The van der Waals surface area contributed by atoms with Gasteiger partial charge >= 0.3 is 6.03 Å². The fraction of sp³-hybridized carbons (Fsp3) is 0.933. The van der Waals surface area contributed by atoms with Gasteiger partial charge in [-0.15, -0.1) is 0 Å². The lowest BCUT2D eigenvalue weighted by Crippen LogP contribution is -2.51. The minimum atomic E-state index is 0.0104. The van der Waals surface area contributed by atoms with Crippen molar-refractivity contribution in [3.63, 3.8) is 0 Å². The van der Waals surface area contributed by atoms with Gasteiger partial charge in [0.1, 0.15) is 0 Å². The van der Waals surface area contributed by atoms with Crippen molar-refractivity contribution in [2.24, 2.45) is 5.92 Å². The van der Waals surface area contributed by atoms with Gasteiger partial charge < -0.3 is 15.4 Å². The van der Waals surface area contributed by atoms with Crippen LogP contribution in [-0.2, 0) is 4.74 Å². The van der Waals surface area contributed by atoms with Gasteiger partial charge in [0.15, 0.2) is 0 Å². The number of urea groups is 1. The molecule has 4 nitrogen and oxygen atoms in total. The number of hydrogen-bond acceptors (Lipinski definition) is 3. The van der Waals surface area contributed by atoms with E-state index in [9.17, 15) is 4.79 Å². The minimum absolute atomic E-state index is 0.0104. The molecule has 3 rings (SSSR count). The quantitative estimate of drug-likeness (QED) is 0.842. The molecule has 2 saturated heterocycles. The third kappa shape index (κ3) is 3.25. The van der Waals surface area contributed by atoms with Gasteiger partial charge in [-0.05, 0) is 51.2 Å². The zero-order chi connectivity index (χ0) is 14.0. The highest BCUT2D eigenvalue weighted by atomic mass is 32.2. The normalized spacial score (nSPS) is 40.4. The van der Waals surface area contributed by atoms with Crippen molar-refractivity contribution in [1.82, 2.24) is 10.6 Å². The summed E-state index contributed by atoms with van der Waals surface area (Å²) in [6.07, 6.45) is 7.40. The standard InChI is InChI=1S/C15H26N2O2S/c1-15(7-3-9-20-15)10-16-14(18)17-12-4-2-5-13-11(12)6-8-19-13/h11-13H,2-10H2,1H3,(H2,16,17,18)/t11-,12-,13-,15-/m1/s1. The van der Waals surface area contributed by atoms with Crippen LogP contribution >= 0.6 is 11.8 Å². The van der Waals surface area contributed by atoms with Crippen LogP contribution in [0.5, 0.6) is 0 Å². The first kappa shape index (κ1) is 14.5. The summed E-state index contributed by atoms with van der Waals surface area (Å²) in [6, 6.07) is 0.316. The molecule has 3 aliphatic rings. The Bertz CT molecular complexity index is 358. The number of carbonyl (C=O) groups is 1. The maximum absolute atomic E-state index is 12.1. The van der Waals surface area contributed by atoms with Crippen molar-refractivity contribution < 1.29 is 9.53 Å². The third-order valence-corrected chi connectivity index (χ3v) is 6.56. The molecule has 1 saturated carbocycles. The van der Waals surface area contributed by atoms with Crippen LogP contribution in [0, 0.1) is 5.92 Å². The SMILES string of the molecule is C[C@]1(CNC(=O)N[C@@H]2CCC[C@H]3OCC[C@H]23)CCCS1. The summed E-state index contributed by atoms with van der Waals surface area (Å²) in [6.45, 7) is 3.90. The summed E-state index contributed by atoms with van der Waals surface area (Å²) in [7, 11) is 0. The molecule has 5 heteroatoms. The van der Waals surface area contributed by atoms with Gasteiger partial charge in [0.05, 0.1) is 6.10 Å². The Kier molecular flexibility index (Phi) is 4.46. The summed E-state index contributed by atoms with van der Waals surface area (Å²) in [5.74, 6) is 1.76. The van der Waals surface area contributed by atoms with E-state index in [-0.39, 0.29) is 10.8 Å². The lowest BCUT2D eigenvalue weighted by atomic mass is 9.82. The van der Waals surface area contributed by atoms with E-state index in [1.165, 1.54) is 31.4 Å². The average molecular weight is 298 g/mol. The van der Waals surface area contributed by atoms with E-state index in [1.54, 1.807) is 0 Å². The van der Waals surface area contributed by atoms with Crippen LogP contribution < -0.4 is 10.6 Å². The molecule has 2 aliphatic heterocycles. The monoisotopic (exact) mass is 298 g/mol. The van der Waals surface area contributed by atoms with Crippen molar-refractivity contribution >= 4 is 17.8 Å². The second-order valence-corrected chi connectivity index (χ2v) is 8.31. The molecule has 20 heavy (non-hydrogen) atoms. The maximum Gasteiger partial charge on any atom is 0.315 e. The molecule has 4 atom stereocenters. The molecule has 1 aliphatic carbocycles. The molecule has 2 N–H and O–H groups in total. The highest BCUT2D eigenvalue weighted by molar-refractivity contribution is 8.00. The van der Waals surface area contributed by atoms with Crippen LogP contribution in [0.25, 0.3) is 0 Å². The Balaban J connectivity index is 1.46. The average Bonchev–Trinajstić information content (AvgIpc) is 3.06. The molecule has 2 heterocycles. The van der Waals surface area contributed by atoms with Crippen molar-refractivity contribution in [3.05, 3.63) is 0 Å². The third-order valence-electron chi connectivity index (χ3n) is 5.02. The smallest absolute Gasteiger partial charge is 0.315 e. The summed E-state index contributed by atoms with van der Waals surface area (Å²) in [5.41, 5.74) is 0. The Labute approximate surface area is 125 Å². The van der Waals surface area contributed by atoms with Crippen molar-refractivity contribution in [3.8, 4) is 0 Å². The second-order valence-electron chi connectivity index (χ2n) is 6.63. The first-order valence-corrected chi connectivity index (χ1v) is 8.95. The van der Waals surface area contributed by atoms with Gasteiger partial charge in [-0.3, -0.25) is 0 Å². The lowest BCUT2D eigenvalue weighted by molar-refractivity contribution is 0.0549. The summed E-state index contributed by atoms with van der Waals surface area (Å²) in [5, 5.41) is 6.27. The van der Waals surface area contributed by atoms with E-state index in [4.69, 9.17) is 4.74 Å². The molecular formula is C15H26N2O2S. The zero-order valence-electron chi connectivity index (χ0n) is 12.3. The number of rotatable bonds is 3. The highest BCUT2D eigenvalue weighted by Crippen LogP contribution is 2.37. The van der Waals surface area contributed by atoms with Crippen LogP contribution in [0.1, 0.15) is 45.4 Å². The van der Waals surface area contributed by atoms with Crippen molar-refractivity contribution in [1.29, 1.82) is 0 Å². The zero-order valence-corrected chi connectivity index (χ0v) is 13.1. The van der Waals surface area contributed by atoms with Crippen LogP contribution in [0.2, 0.25) is 0 Å². The molecule has 114 valence electrons. The minimum Gasteiger partial charge on any atom is -0.378 e. The Hall–Kier alpha value is -0.420. The van der Waals surface area contributed by atoms with Gasteiger partial charge in [0.2, 0.25) is 0 Å². The Morgan fingerprint density at radius 1 is 1.35 bits per heavy atom. The number of hydrogen-bond donors (Lipinski definition) is 2. The second kappa shape index (κ2) is 6.14. The van der Waals surface area contributed by atoms with E-state index in [1.807, 2.05) is 11.8 Å². The topological polar surface area (TPSA) is 50.4 Å². The summed E-state index contributed by atoms with van der Waals surface area (Å²) >= 11 is 1.99. The van der Waals surface area contributed by atoms with Gasteiger partial charge in [-0.25, -0.2) is 4.79 Å². The number of amides is 2. The number of ether oxygens (including phenoxy) is 1. The highest BCUT2D eigenvalue weighted by Gasteiger charge is 2.38. The molecule has 3 fully saturated rings. The fourth-order valence-corrected chi connectivity index (χ4v) is 5.06. The van der Waals surface area contributed by atoms with E-state index in [0.29, 0.717) is 18.1 Å². The lowest BCUT2D eigenvalue weighted by Gasteiger charge is -2.33. The number of thioether (sulfide) groups is 1. The van der Waals surface area contributed by atoms with Crippen molar-refractivity contribution in [2.75, 3.05) is 18.9 Å². The first-order valence-electron chi connectivity index (χ1n) is 7.96. The maximum atomic E-state index is 12.1. The molecule has 0 aromatic heterocycles. The molecule has 0 radical (unpaired) electrons. The fourth-order valence-electron chi connectivity index (χ4n) is 3.82. The van der Waals surface area contributed by atoms with Gasteiger partial charge in [-0.2, -0.15) is 11.8 Å². The van der Waals surface area contributed by atoms with Crippen LogP contribution in [0.4, 0.5) is 4.79 Å². The van der Waals surface area contributed by atoms with Gasteiger partial charge in [0, 0.05) is 29.9 Å². The predicted molar refractivity (Wildman–Crippen MR) is 82.1 cm³/mol. The first-order chi connectivity index (χ1) is 9.66. The number of fused-ring (bicyclic) bond motifs is 1. The van der Waals surface area contributed by atoms with Crippen LogP contribution in [0.15, 0.2) is 0 Å². The number of carbonyl (C=O) groups excluding carboxylic acids is 1.